The zero-order valence-corrected chi connectivity index (χ0v) is 16.6. The fourth-order valence-corrected chi connectivity index (χ4v) is 3.88. The van der Waals surface area contributed by atoms with Crippen molar-refractivity contribution in [2.45, 2.75) is 12.5 Å². The highest BCUT2D eigenvalue weighted by Crippen LogP contribution is 2.41. The molecule has 0 aromatic heterocycles. The van der Waals surface area contributed by atoms with E-state index in [1.54, 1.807) is 14.2 Å². The van der Waals surface area contributed by atoms with Crippen molar-refractivity contribution in [1.29, 1.82) is 0 Å². The second-order valence-electron chi connectivity index (χ2n) is 6.29. The van der Waals surface area contributed by atoms with E-state index in [2.05, 4.69) is 10.2 Å². The highest BCUT2D eigenvalue weighted by atomic mass is 35.5. The quantitative estimate of drug-likeness (QED) is 0.814. The molecular formula is C20H24Cl2N2O2. The molecule has 1 aliphatic heterocycles. The zero-order chi connectivity index (χ0) is 18.5. The molecule has 1 heterocycles. The van der Waals surface area contributed by atoms with Gasteiger partial charge in [0, 0.05) is 25.2 Å². The highest BCUT2D eigenvalue weighted by molar-refractivity contribution is 6.42. The minimum absolute atomic E-state index is 0.0638. The lowest BCUT2D eigenvalue weighted by atomic mass is 9.95. The molecule has 1 unspecified atom stereocenters. The van der Waals surface area contributed by atoms with E-state index in [0.29, 0.717) is 10.0 Å². The van der Waals surface area contributed by atoms with Gasteiger partial charge in [0.15, 0.2) is 0 Å². The number of halogens is 2. The predicted octanol–water partition coefficient (Wildman–Crippen LogP) is 4.40. The second-order valence-corrected chi connectivity index (χ2v) is 7.08. The summed E-state index contributed by atoms with van der Waals surface area (Å²) in [6.07, 6.45) is 1.07. The molecule has 6 heteroatoms. The van der Waals surface area contributed by atoms with Crippen LogP contribution in [0.2, 0.25) is 10.0 Å². The van der Waals surface area contributed by atoms with Gasteiger partial charge in [-0.3, -0.25) is 4.90 Å². The van der Waals surface area contributed by atoms with E-state index in [4.69, 9.17) is 32.7 Å². The number of rotatable bonds is 5. The Kier molecular flexibility index (Phi) is 6.65. The van der Waals surface area contributed by atoms with Crippen LogP contribution in [0.5, 0.6) is 11.5 Å². The fourth-order valence-electron chi connectivity index (χ4n) is 3.47. The topological polar surface area (TPSA) is 33.7 Å². The number of hydrogen-bond donors (Lipinski definition) is 1. The standard InChI is InChI=1S/C20H24Cl2N2O2/c1-25-14-7-8-18(26-2)16(13-14)20(24-11-4-9-23-10-12-24)15-5-3-6-17(21)19(15)22/h3,5-8,13,20,23H,4,9-12H2,1-2H3. The molecule has 3 rings (SSSR count). The number of nitrogens with zero attached hydrogens (tertiary/aromatic N) is 1. The molecule has 0 bridgehead atoms. The first-order chi connectivity index (χ1) is 12.7. The van der Waals surface area contributed by atoms with Gasteiger partial charge in [-0.2, -0.15) is 0 Å². The van der Waals surface area contributed by atoms with E-state index < -0.39 is 0 Å². The third-order valence-electron chi connectivity index (χ3n) is 4.75. The van der Waals surface area contributed by atoms with Gasteiger partial charge in [0.05, 0.1) is 30.3 Å². The Hall–Kier alpha value is -1.46. The van der Waals surface area contributed by atoms with Crippen LogP contribution in [0.4, 0.5) is 0 Å². The molecule has 140 valence electrons. The van der Waals surface area contributed by atoms with Gasteiger partial charge in [0.1, 0.15) is 11.5 Å². The normalized spacial score (nSPS) is 16.8. The summed E-state index contributed by atoms with van der Waals surface area (Å²) in [5.74, 6) is 1.60. The minimum atomic E-state index is -0.0638. The van der Waals surface area contributed by atoms with Crippen molar-refractivity contribution in [3.05, 3.63) is 57.6 Å². The van der Waals surface area contributed by atoms with Gasteiger partial charge in [0.25, 0.3) is 0 Å². The maximum absolute atomic E-state index is 6.62. The summed E-state index contributed by atoms with van der Waals surface area (Å²) < 4.78 is 11.1. The van der Waals surface area contributed by atoms with Crippen molar-refractivity contribution < 1.29 is 9.47 Å². The van der Waals surface area contributed by atoms with Crippen LogP contribution in [0.25, 0.3) is 0 Å². The molecule has 2 aromatic carbocycles. The third kappa shape index (κ3) is 4.09. The smallest absolute Gasteiger partial charge is 0.124 e. The molecule has 0 amide bonds. The average Bonchev–Trinajstić information content (AvgIpc) is 2.94. The van der Waals surface area contributed by atoms with Gasteiger partial charge in [-0.15, -0.1) is 0 Å². The number of methoxy groups -OCH3 is 2. The molecule has 26 heavy (non-hydrogen) atoms. The van der Waals surface area contributed by atoms with Crippen LogP contribution in [0.15, 0.2) is 36.4 Å². The van der Waals surface area contributed by atoms with Crippen LogP contribution in [0, 0.1) is 0 Å². The molecule has 0 saturated carbocycles. The van der Waals surface area contributed by atoms with Gasteiger partial charge in [-0.1, -0.05) is 35.3 Å². The van der Waals surface area contributed by atoms with Crippen LogP contribution in [0.1, 0.15) is 23.6 Å². The molecule has 1 fully saturated rings. The average molecular weight is 395 g/mol. The molecular weight excluding hydrogens is 371 g/mol. The summed E-state index contributed by atoms with van der Waals surface area (Å²) in [7, 11) is 3.36. The van der Waals surface area contributed by atoms with Gasteiger partial charge in [0.2, 0.25) is 0 Å². The number of nitrogens with one attached hydrogen (secondary N) is 1. The number of ether oxygens (including phenoxy) is 2. The fraction of sp³-hybridized carbons (Fsp3) is 0.400. The Morgan fingerprint density at radius 2 is 1.85 bits per heavy atom. The summed E-state index contributed by atoms with van der Waals surface area (Å²) in [6.45, 7) is 3.82. The first-order valence-electron chi connectivity index (χ1n) is 8.76. The lowest BCUT2D eigenvalue weighted by Gasteiger charge is -2.33. The Morgan fingerprint density at radius 3 is 2.62 bits per heavy atom. The summed E-state index contributed by atoms with van der Waals surface area (Å²) >= 11 is 13.0. The van der Waals surface area contributed by atoms with Crippen molar-refractivity contribution >= 4 is 23.2 Å². The number of hydrogen-bond acceptors (Lipinski definition) is 4. The van der Waals surface area contributed by atoms with Crippen LogP contribution < -0.4 is 14.8 Å². The number of benzene rings is 2. The van der Waals surface area contributed by atoms with E-state index in [1.165, 1.54) is 0 Å². The molecule has 1 aliphatic rings. The molecule has 2 aromatic rings. The molecule has 4 nitrogen and oxygen atoms in total. The van der Waals surface area contributed by atoms with Crippen molar-refractivity contribution in [2.75, 3.05) is 40.4 Å². The van der Waals surface area contributed by atoms with Gasteiger partial charge >= 0.3 is 0 Å². The first kappa shape index (κ1) is 19.3. The Balaban J connectivity index is 2.15. The van der Waals surface area contributed by atoms with Crippen molar-refractivity contribution in [2.24, 2.45) is 0 Å². The van der Waals surface area contributed by atoms with Crippen molar-refractivity contribution in [1.82, 2.24) is 10.2 Å². The third-order valence-corrected chi connectivity index (χ3v) is 5.58. The van der Waals surface area contributed by atoms with E-state index in [9.17, 15) is 0 Å². The maximum atomic E-state index is 6.62. The summed E-state index contributed by atoms with van der Waals surface area (Å²) in [5.41, 5.74) is 2.01. The first-order valence-corrected chi connectivity index (χ1v) is 9.52. The minimum Gasteiger partial charge on any atom is -0.497 e. The Morgan fingerprint density at radius 1 is 1.00 bits per heavy atom. The van der Waals surface area contributed by atoms with Crippen LogP contribution >= 0.6 is 23.2 Å². The Labute approximate surface area is 165 Å². The van der Waals surface area contributed by atoms with Gasteiger partial charge in [-0.05, 0) is 42.8 Å². The maximum Gasteiger partial charge on any atom is 0.124 e. The van der Waals surface area contributed by atoms with Gasteiger partial charge < -0.3 is 14.8 Å². The van der Waals surface area contributed by atoms with E-state index in [0.717, 1.165) is 55.2 Å². The zero-order valence-electron chi connectivity index (χ0n) is 15.1. The van der Waals surface area contributed by atoms with Crippen LogP contribution in [0.3, 0.4) is 0 Å². The Bertz CT molecular complexity index is 747. The van der Waals surface area contributed by atoms with Crippen molar-refractivity contribution in [3.63, 3.8) is 0 Å². The SMILES string of the molecule is COc1ccc(OC)c(C(c2cccc(Cl)c2Cl)N2CCCNCC2)c1. The largest absolute Gasteiger partial charge is 0.497 e. The lowest BCUT2D eigenvalue weighted by Crippen LogP contribution is -2.33. The van der Waals surface area contributed by atoms with E-state index in [-0.39, 0.29) is 6.04 Å². The predicted molar refractivity (Wildman–Crippen MR) is 107 cm³/mol. The monoisotopic (exact) mass is 394 g/mol. The summed E-state index contributed by atoms with van der Waals surface area (Å²) in [5, 5.41) is 4.60. The lowest BCUT2D eigenvalue weighted by molar-refractivity contribution is 0.236. The summed E-state index contributed by atoms with van der Waals surface area (Å²) in [4.78, 5) is 2.43. The molecule has 1 N–H and O–H groups in total. The molecule has 0 aliphatic carbocycles. The molecule has 1 atom stereocenters. The molecule has 0 radical (unpaired) electrons. The van der Waals surface area contributed by atoms with E-state index in [1.807, 2.05) is 36.4 Å². The van der Waals surface area contributed by atoms with Crippen LogP contribution in [-0.4, -0.2) is 45.3 Å². The van der Waals surface area contributed by atoms with E-state index >= 15 is 0 Å². The van der Waals surface area contributed by atoms with Crippen LogP contribution in [-0.2, 0) is 0 Å². The van der Waals surface area contributed by atoms with Crippen molar-refractivity contribution in [3.8, 4) is 11.5 Å². The molecule has 0 spiro atoms. The van der Waals surface area contributed by atoms with Gasteiger partial charge in [-0.25, -0.2) is 0 Å². The second kappa shape index (κ2) is 8.96. The highest BCUT2D eigenvalue weighted by Gasteiger charge is 2.28. The molecule has 1 saturated heterocycles. The summed E-state index contributed by atoms with van der Waals surface area (Å²) in [6, 6.07) is 11.6.